The van der Waals surface area contributed by atoms with Crippen molar-refractivity contribution in [3.05, 3.63) is 112 Å². The fourth-order valence-corrected chi connectivity index (χ4v) is 4.62. The summed E-state index contributed by atoms with van der Waals surface area (Å²) in [6, 6.07) is 26.9. The van der Waals surface area contributed by atoms with Crippen LogP contribution < -0.4 is 15.3 Å². The van der Waals surface area contributed by atoms with Crippen LogP contribution in [-0.4, -0.2) is 13.3 Å². The quantitative estimate of drug-likeness (QED) is 0.505. The predicted molar refractivity (Wildman–Crippen MR) is 122 cm³/mol. The lowest BCUT2D eigenvalue weighted by atomic mass is 9.90. The first-order valence-electron chi connectivity index (χ1n) is 10.9. The van der Waals surface area contributed by atoms with E-state index in [1.807, 2.05) is 12.1 Å². The molecule has 1 aliphatic rings. The van der Waals surface area contributed by atoms with Crippen LogP contribution in [0.3, 0.4) is 0 Å². The van der Waals surface area contributed by atoms with Gasteiger partial charge in [-0.05, 0) is 35.2 Å². The molecule has 0 fully saturated rings. The molecule has 1 aliphatic heterocycles. The molecule has 4 aromatic rings. The zero-order valence-electron chi connectivity index (χ0n) is 17.6. The third-order valence-electron chi connectivity index (χ3n) is 6.19. The van der Waals surface area contributed by atoms with E-state index >= 15 is 0 Å². The summed E-state index contributed by atoms with van der Waals surface area (Å²) < 4.78 is 11.8. The maximum absolute atomic E-state index is 12.2. The lowest BCUT2D eigenvalue weighted by Crippen LogP contribution is -3.12. The van der Waals surface area contributed by atoms with Crippen LogP contribution >= 0.6 is 0 Å². The van der Waals surface area contributed by atoms with Gasteiger partial charge in [0.2, 0.25) is 6.73 Å². The summed E-state index contributed by atoms with van der Waals surface area (Å²) in [4.78, 5) is 13.5. The molecule has 0 bridgehead atoms. The molecule has 1 aromatic heterocycles. The standard InChI is InChI=1S/C27H25NO3/c1-2-19-15-26(29)31-27-22(19)13-14-25-24(27)17-28(18-30-25)16-23(20-9-5-3-6-10-20)21-11-7-4-8-12-21/h3-15,23H,2,16-18H2,1H3/p+1. The molecular formula is C27H26NO3+. The third-order valence-corrected chi connectivity index (χ3v) is 6.19. The van der Waals surface area contributed by atoms with Gasteiger partial charge in [0.1, 0.15) is 12.3 Å². The number of hydrogen-bond donors (Lipinski definition) is 1. The van der Waals surface area contributed by atoms with E-state index in [-0.39, 0.29) is 11.5 Å². The van der Waals surface area contributed by atoms with Crippen LogP contribution in [0.1, 0.15) is 35.1 Å². The Bertz CT molecular complexity index is 1210. The average Bonchev–Trinajstić information content (AvgIpc) is 2.83. The third kappa shape index (κ3) is 3.87. The van der Waals surface area contributed by atoms with E-state index in [2.05, 4.69) is 67.6 Å². The lowest BCUT2D eigenvalue weighted by molar-refractivity contribution is -0.933. The van der Waals surface area contributed by atoms with Gasteiger partial charge in [-0.1, -0.05) is 67.6 Å². The molecule has 2 heterocycles. The van der Waals surface area contributed by atoms with Crippen LogP contribution in [-0.2, 0) is 13.0 Å². The van der Waals surface area contributed by atoms with E-state index < -0.39 is 0 Å². The molecule has 1 atom stereocenters. The van der Waals surface area contributed by atoms with Gasteiger partial charge in [0.25, 0.3) is 0 Å². The van der Waals surface area contributed by atoms with E-state index in [0.717, 1.165) is 41.8 Å². The van der Waals surface area contributed by atoms with Crippen molar-refractivity contribution in [3.8, 4) is 5.75 Å². The Hall–Kier alpha value is -3.37. The van der Waals surface area contributed by atoms with Crippen molar-refractivity contribution < 1.29 is 14.1 Å². The summed E-state index contributed by atoms with van der Waals surface area (Å²) in [5, 5.41) is 1.01. The highest BCUT2D eigenvalue weighted by Gasteiger charge is 2.28. The van der Waals surface area contributed by atoms with Crippen molar-refractivity contribution in [2.75, 3.05) is 13.3 Å². The van der Waals surface area contributed by atoms with Gasteiger partial charge in [0, 0.05) is 11.5 Å². The van der Waals surface area contributed by atoms with Gasteiger partial charge in [0.05, 0.1) is 18.0 Å². The van der Waals surface area contributed by atoms with Crippen molar-refractivity contribution in [1.82, 2.24) is 0 Å². The highest BCUT2D eigenvalue weighted by atomic mass is 16.5. The minimum Gasteiger partial charge on any atom is -0.445 e. The Labute approximate surface area is 181 Å². The second kappa shape index (κ2) is 8.40. The van der Waals surface area contributed by atoms with E-state index in [1.54, 1.807) is 6.07 Å². The molecule has 0 radical (unpaired) electrons. The maximum Gasteiger partial charge on any atom is 0.336 e. The first-order valence-corrected chi connectivity index (χ1v) is 10.9. The zero-order chi connectivity index (χ0) is 21.2. The van der Waals surface area contributed by atoms with Crippen molar-refractivity contribution in [2.45, 2.75) is 25.8 Å². The van der Waals surface area contributed by atoms with Crippen molar-refractivity contribution in [3.63, 3.8) is 0 Å². The molecule has 5 rings (SSSR count). The van der Waals surface area contributed by atoms with E-state index in [1.165, 1.54) is 16.0 Å². The van der Waals surface area contributed by atoms with Crippen molar-refractivity contribution in [1.29, 1.82) is 0 Å². The molecule has 3 aromatic carbocycles. The average molecular weight is 413 g/mol. The molecule has 0 aliphatic carbocycles. The molecule has 156 valence electrons. The number of nitrogens with one attached hydrogen (secondary N) is 1. The molecule has 1 unspecified atom stereocenters. The molecule has 0 spiro atoms. The van der Waals surface area contributed by atoms with Gasteiger partial charge < -0.3 is 9.15 Å². The van der Waals surface area contributed by atoms with Crippen LogP contribution in [0.2, 0.25) is 0 Å². The second-order valence-electron chi connectivity index (χ2n) is 8.16. The largest absolute Gasteiger partial charge is 0.445 e. The fraction of sp³-hybridized carbons (Fsp3) is 0.222. The number of hydrogen-bond acceptors (Lipinski definition) is 3. The van der Waals surface area contributed by atoms with E-state index in [0.29, 0.717) is 12.3 Å². The number of rotatable bonds is 5. The Morgan fingerprint density at radius 2 is 1.61 bits per heavy atom. The van der Waals surface area contributed by atoms with Gasteiger partial charge in [-0.2, -0.15) is 0 Å². The molecule has 4 heteroatoms. The highest BCUT2D eigenvalue weighted by molar-refractivity contribution is 5.85. The van der Waals surface area contributed by atoms with Crippen molar-refractivity contribution in [2.24, 2.45) is 0 Å². The summed E-state index contributed by atoms with van der Waals surface area (Å²) in [5.41, 5.74) is 4.99. The first-order chi connectivity index (χ1) is 15.2. The normalized spacial score (nSPS) is 15.6. The number of ether oxygens (including phenoxy) is 1. The van der Waals surface area contributed by atoms with Gasteiger partial charge in [-0.15, -0.1) is 0 Å². The molecule has 1 N–H and O–H groups in total. The van der Waals surface area contributed by atoms with Gasteiger partial charge in [0.15, 0.2) is 5.58 Å². The number of fused-ring (bicyclic) bond motifs is 3. The Morgan fingerprint density at radius 1 is 0.935 bits per heavy atom. The van der Waals surface area contributed by atoms with E-state index in [9.17, 15) is 4.79 Å². The molecule has 31 heavy (non-hydrogen) atoms. The molecule has 0 saturated heterocycles. The summed E-state index contributed by atoms with van der Waals surface area (Å²) in [5.74, 6) is 1.08. The molecule has 0 amide bonds. The minimum atomic E-state index is -0.295. The second-order valence-corrected chi connectivity index (χ2v) is 8.16. The van der Waals surface area contributed by atoms with Crippen LogP contribution in [0.4, 0.5) is 0 Å². The predicted octanol–water partition coefficient (Wildman–Crippen LogP) is 3.92. The van der Waals surface area contributed by atoms with Gasteiger partial charge >= 0.3 is 5.63 Å². The van der Waals surface area contributed by atoms with E-state index in [4.69, 9.17) is 9.15 Å². The van der Waals surface area contributed by atoms with Crippen LogP contribution in [0.15, 0.2) is 88.1 Å². The summed E-state index contributed by atoms with van der Waals surface area (Å²) in [6.45, 7) is 4.30. The number of quaternary nitrogens is 1. The smallest absolute Gasteiger partial charge is 0.336 e. The van der Waals surface area contributed by atoms with Crippen LogP contribution in [0.25, 0.3) is 11.0 Å². The maximum atomic E-state index is 12.2. The minimum absolute atomic E-state index is 0.260. The number of benzene rings is 3. The highest BCUT2D eigenvalue weighted by Crippen LogP contribution is 2.30. The van der Waals surface area contributed by atoms with Crippen LogP contribution in [0, 0.1) is 0 Å². The first kappa shape index (κ1) is 19.6. The summed E-state index contributed by atoms with van der Waals surface area (Å²) >= 11 is 0. The Morgan fingerprint density at radius 3 is 2.26 bits per heavy atom. The monoisotopic (exact) mass is 412 g/mol. The fourth-order valence-electron chi connectivity index (χ4n) is 4.62. The molecule has 0 saturated carbocycles. The zero-order valence-corrected chi connectivity index (χ0v) is 17.6. The Balaban J connectivity index is 1.51. The van der Waals surface area contributed by atoms with Crippen LogP contribution in [0.5, 0.6) is 5.75 Å². The Kier molecular flexibility index (Phi) is 5.31. The summed E-state index contributed by atoms with van der Waals surface area (Å²) in [6.07, 6.45) is 0.794. The number of aryl methyl sites for hydroxylation is 1. The topological polar surface area (TPSA) is 43.9 Å². The van der Waals surface area contributed by atoms with Gasteiger partial charge in [-0.3, -0.25) is 4.90 Å². The summed E-state index contributed by atoms with van der Waals surface area (Å²) in [7, 11) is 0. The molecule has 4 nitrogen and oxygen atoms in total. The SMILES string of the molecule is CCc1cc(=O)oc2c3c(ccc12)OC[NH+](CC(c1ccccc1)c1ccccc1)C3. The molecular weight excluding hydrogens is 386 g/mol. The van der Waals surface area contributed by atoms with Crippen molar-refractivity contribution >= 4 is 11.0 Å². The lowest BCUT2D eigenvalue weighted by Gasteiger charge is -2.30. The van der Waals surface area contributed by atoms with Gasteiger partial charge in [-0.25, -0.2) is 4.79 Å².